The lowest BCUT2D eigenvalue weighted by molar-refractivity contribution is -0.144. The number of amides is 1. The van der Waals surface area contributed by atoms with Gasteiger partial charge in [0, 0.05) is 5.56 Å². The maximum absolute atomic E-state index is 12.1. The number of carbonyl (C=O) groups excluding carboxylic acids is 1. The Kier molecular flexibility index (Phi) is 5.10. The Balaban J connectivity index is 2.84. The molecule has 19 heavy (non-hydrogen) atoms. The summed E-state index contributed by atoms with van der Waals surface area (Å²) in [5.41, 5.74) is 0.418. The van der Waals surface area contributed by atoms with Crippen molar-refractivity contribution < 1.29 is 14.7 Å². The van der Waals surface area contributed by atoms with Gasteiger partial charge in [0.15, 0.2) is 0 Å². The number of rotatable bonds is 6. The summed E-state index contributed by atoms with van der Waals surface area (Å²) in [7, 11) is 0. The predicted molar refractivity (Wildman–Crippen MR) is 74.2 cm³/mol. The molecule has 1 aromatic rings. The molecule has 0 heterocycles. The maximum atomic E-state index is 12.1. The molecule has 104 valence electrons. The van der Waals surface area contributed by atoms with Crippen molar-refractivity contribution in [3.05, 3.63) is 35.4 Å². The van der Waals surface area contributed by atoms with E-state index in [4.69, 9.17) is 0 Å². The van der Waals surface area contributed by atoms with Crippen LogP contribution in [0.1, 0.15) is 49.5 Å². The molecule has 0 saturated heterocycles. The minimum atomic E-state index is -1.21. The van der Waals surface area contributed by atoms with E-state index in [1.54, 1.807) is 12.1 Å². The van der Waals surface area contributed by atoms with Crippen molar-refractivity contribution in [2.24, 2.45) is 0 Å². The summed E-state index contributed by atoms with van der Waals surface area (Å²) in [5, 5.41) is 11.8. The highest BCUT2D eigenvalue weighted by Crippen LogP contribution is 2.14. The van der Waals surface area contributed by atoms with E-state index in [1.807, 2.05) is 26.0 Å². The quantitative estimate of drug-likeness (QED) is 0.829. The molecular formula is C15H21NO3. The molecule has 4 heteroatoms. The molecule has 2 N–H and O–H groups in total. The Morgan fingerprint density at radius 3 is 2.21 bits per heavy atom. The maximum Gasteiger partial charge on any atom is 0.329 e. The molecule has 0 fully saturated rings. The summed E-state index contributed by atoms with van der Waals surface area (Å²) in [6.07, 6.45) is 2.00. The molecule has 1 atom stereocenters. The fourth-order valence-corrected chi connectivity index (χ4v) is 1.94. The Hall–Kier alpha value is -1.84. The molecular weight excluding hydrogens is 242 g/mol. The van der Waals surface area contributed by atoms with Gasteiger partial charge < -0.3 is 10.4 Å². The van der Waals surface area contributed by atoms with E-state index in [0.717, 1.165) is 12.0 Å². The molecule has 4 nitrogen and oxygen atoms in total. The zero-order valence-corrected chi connectivity index (χ0v) is 11.7. The Morgan fingerprint density at radius 1 is 1.21 bits per heavy atom. The minimum absolute atomic E-state index is 0.346. The topological polar surface area (TPSA) is 66.4 Å². The minimum Gasteiger partial charge on any atom is -0.480 e. The van der Waals surface area contributed by atoms with Crippen LogP contribution in [0.25, 0.3) is 0 Å². The molecule has 0 aliphatic carbocycles. The van der Waals surface area contributed by atoms with Gasteiger partial charge in [-0.05, 0) is 37.5 Å². The first kappa shape index (κ1) is 15.2. The van der Waals surface area contributed by atoms with Gasteiger partial charge in [-0.1, -0.05) is 32.4 Å². The average Bonchev–Trinajstić information content (AvgIpc) is 2.38. The molecule has 1 unspecified atom stereocenters. The van der Waals surface area contributed by atoms with Crippen molar-refractivity contribution >= 4 is 11.9 Å². The highest BCUT2D eigenvalue weighted by Gasteiger charge is 2.33. The van der Waals surface area contributed by atoms with Crippen molar-refractivity contribution in [2.45, 2.75) is 45.6 Å². The largest absolute Gasteiger partial charge is 0.480 e. The van der Waals surface area contributed by atoms with Crippen LogP contribution in [0.5, 0.6) is 0 Å². The number of benzene rings is 1. The normalized spacial score (nSPS) is 13.6. The lowest BCUT2D eigenvalue weighted by Crippen LogP contribution is -2.52. The third-order valence-corrected chi connectivity index (χ3v) is 3.24. The number of hydrogen-bond acceptors (Lipinski definition) is 2. The summed E-state index contributed by atoms with van der Waals surface area (Å²) in [5.74, 6) is -1.35. The lowest BCUT2D eigenvalue weighted by Gasteiger charge is -2.25. The van der Waals surface area contributed by atoms with Crippen molar-refractivity contribution in [1.82, 2.24) is 5.32 Å². The summed E-state index contributed by atoms with van der Waals surface area (Å²) in [6.45, 7) is 5.47. The highest BCUT2D eigenvalue weighted by molar-refractivity contribution is 5.97. The first-order valence-electron chi connectivity index (χ1n) is 6.57. The zero-order chi connectivity index (χ0) is 14.5. The number of carboxylic acid groups (broad SMARTS) is 1. The van der Waals surface area contributed by atoms with Gasteiger partial charge in [0.1, 0.15) is 5.54 Å². The fraction of sp³-hybridized carbons (Fsp3) is 0.467. The van der Waals surface area contributed by atoms with E-state index < -0.39 is 11.5 Å². The van der Waals surface area contributed by atoms with Gasteiger partial charge in [0.25, 0.3) is 5.91 Å². The van der Waals surface area contributed by atoms with Gasteiger partial charge in [-0.2, -0.15) is 0 Å². The van der Waals surface area contributed by atoms with E-state index >= 15 is 0 Å². The summed E-state index contributed by atoms with van der Waals surface area (Å²) in [6, 6.07) is 7.21. The predicted octanol–water partition coefficient (Wildman–Crippen LogP) is 2.62. The van der Waals surface area contributed by atoms with Crippen LogP contribution < -0.4 is 5.32 Å². The molecule has 0 aromatic heterocycles. The number of aryl methyl sites for hydroxylation is 1. The molecule has 1 aromatic carbocycles. The monoisotopic (exact) mass is 263 g/mol. The van der Waals surface area contributed by atoms with Crippen LogP contribution in [-0.4, -0.2) is 22.5 Å². The SMILES string of the molecule is CCCC(C)(NC(=O)c1ccc(CC)cc1)C(=O)O. The van der Waals surface area contributed by atoms with E-state index in [0.29, 0.717) is 18.4 Å². The van der Waals surface area contributed by atoms with E-state index in [9.17, 15) is 14.7 Å². The van der Waals surface area contributed by atoms with Crippen molar-refractivity contribution in [3.8, 4) is 0 Å². The van der Waals surface area contributed by atoms with Crippen molar-refractivity contribution in [2.75, 3.05) is 0 Å². The Bertz CT molecular complexity index is 453. The number of aliphatic carboxylic acids is 1. The molecule has 0 bridgehead atoms. The van der Waals surface area contributed by atoms with Gasteiger partial charge in [0.2, 0.25) is 0 Å². The second-order valence-corrected chi connectivity index (χ2v) is 4.89. The smallest absolute Gasteiger partial charge is 0.329 e. The number of carboxylic acids is 1. The van der Waals surface area contributed by atoms with Gasteiger partial charge in [-0.25, -0.2) is 4.79 Å². The Labute approximate surface area is 113 Å². The van der Waals surface area contributed by atoms with Gasteiger partial charge in [0.05, 0.1) is 0 Å². The van der Waals surface area contributed by atoms with Crippen LogP contribution in [0.4, 0.5) is 0 Å². The Morgan fingerprint density at radius 2 is 1.79 bits per heavy atom. The van der Waals surface area contributed by atoms with Crippen LogP contribution in [0.3, 0.4) is 0 Å². The van der Waals surface area contributed by atoms with Crippen LogP contribution in [0.15, 0.2) is 24.3 Å². The van der Waals surface area contributed by atoms with Crippen LogP contribution >= 0.6 is 0 Å². The standard InChI is InChI=1S/C15H21NO3/c1-4-10-15(3,14(18)19)16-13(17)12-8-6-11(5-2)7-9-12/h6-9H,4-5,10H2,1-3H3,(H,16,17)(H,18,19). The summed E-state index contributed by atoms with van der Waals surface area (Å²) < 4.78 is 0. The average molecular weight is 263 g/mol. The molecule has 0 saturated carbocycles. The second kappa shape index (κ2) is 6.36. The first-order valence-corrected chi connectivity index (χ1v) is 6.57. The van der Waals surface area contributed by atoms with Crippen molar-refractivity contribution in [3.63, 3.8) is 0 Å². The third kappa shape index (κ3) is 3.81. The van der Waals surface area contributed by atoms with Gasteiger partial charge in [-0.15, -0.1) is 0 Å². The number of hydrogen-bond donors (Lipinski definition) is 2. The lowest BCUT2D eigenvalue weighted by atomic mass is 9.95. The second-order valence-electron chi connectivity index (χ2n) is 4.89. The van der Waals surface area contributed by atoms with E-state index in [-0.39, 0.29) is 5.91 Å². The molecule has 0 radical (unpaired) electrons. The molecule has 0 spiro atoms. The van der Waals surface area contributed by atoms with Crippen molar-refractivity contribution in [1.29, 1.82) is 0 Å². The van der Waals surface area contributed by atoms with Gasteiger partial charge in [-0.3, -0.25) is 4.79 Å². The van der Waals surface area contributed by atoms with E-state index in [2.05, 4.69) is 5.32 Å². The highest BCUT2D eigenvalue weighted by atomic mass is 16.4. The van der Waals surface area contributed by atoms with Crippen LogP contribution in [-0.2, 0) is 11.2 Å². The van der Waals surface area contributed by atoms with Crippen LogP contribution in [0.2, 0.25) is 0 Å². The molecule has 1 rings (SSSR count). The number of nitrogens with one attached hydrogen (secondary N) is 1. The van der Waals surface area contributed by atoms with Gasteiger partial charge >= 0.3 is 5.97 Å². The summed E-state index contributed by atoms with van der Waals surface area (Å²) in [4.78, 5) is 23.3. The number of carbonyl (C=O) groups is 2. The third-order valence-electron chi connectivity index (χ3n) is 3.24. The van der Waals surface area contributed by atoms with Crippen LogP contribution in [0, 0.1) is 0 Å². The zero-order valence-electron chi connectivity index (χ0n) is 11.7. The molecule has 0 aliphatic rings. The summed E-state index contributed by atoms with van der Waals surface area (Å²) >= 11 is 0. The molecule has 1 amide bonds. The van der Waals surface area contributed by atoms with E-state index in [1.165, 1.54) is 6.92 Å². The molecule has 0 aliphatic heterocycles. The first-order chi connectivity index (χ1) is 8.92. The fourth-order valence-electron chi connectivity index (χ4n) is 1.94.